The second-order valence-electron chi connectivity index (χ2n) is 6.49. The van der Waals surface area contributed by atoms with Gasteiger partial charge in [0.15, 0.2) is 0 Å². The van der Waals surface area contributed by atoms with E-state index in [0.717, 1.165) is 24.4 Å². The zero-order valence-electron chi connectivity index (χ0n) is 14.3. The summed E-state index contributed by atoms with van der Waals surface area (Å²) in [7, 11) is 0. The van der Waals surface area contributed by atoms with Crippen LogP contribution in [0.3, 0.4) is 0 Å². The normalized spacial score (nSPS) is 15.9. The molecule has 1 aromatic rings. The topological polar surface area (TPSA) is 81.7 Å². The van der Waals surface area contributed by atoms with Gasteiger partial charge in [-0.05, 0) is 62.5 Å². The molecule has 3 N–H and O–H groups in total. The lowest BCUT2D eigenvalue weighted by Crippen LogP contribution is -2.38. The highest BCUT2D eigenvalue weighted by molar-refractivity contribution is 5.87. The molecule has 0 aromatic heterocycles. The van der Waals surface area contributed by atoms with Crippen LogP contribution in [0, 0.1) is 5.92 Å². The molecular weight excluding hydrogens is 306 g/mol. The van der Waals surface area contributed by atoms with Crippen molar-refractivity contribution in [2.24, 2.45) is 5.92 Å². The maximum Gasteiger partial charge on any atom is 0.335 e. The Morgan fingerprint density at radius 2 is 1.83 bits per heavy atom. The molecular formula is C18H27N3O3. The highest BCUT2D eigenvalue weighted by atomic mass is 16.4. The van der Waals surface area contributed by atoms with E-state index < -0.39 is 5.97 Å². The van der Waals surface area contributed by atoms with Crippen molar-refractivity contribution in [3.8, 4) is 0 Å². The van der Waals surface area contributed by atoms with Gasteiger partial charge in [-0.1, -0.05) is 19.1 Å². The molecule has 6 nitrogen and oxygen atoms in total. The minimum Gasteiger partial charge on any atom is -0.478 e. The molecule has 1 aliphatic heterocycles. The molecule has 24 heavy (non-hydrogen) atoms. The molecule has 0 radical (unpaired) electrons. The average molecular weight is 333 g/mol. The number of nitrogens with one attached hydrogen (secondary N) is 2. The SMILES string of the molecule is CC1CCN(CCCNC(=O)NCc2ccc(C(=O)O)cc2)CC1. The predicted molar refractivity (Wildman–Crippen MR) is 93.1 cm³/mol. The molecule has 1 saturated heterocycles. The molecule has 1 heterocycles. The van der Waals surface area contributed by atoms with Crippen LogP contribution in [0.2, 0.25) is 0 Å². The fourth-order valence-electron chi connectivity index (χ4n) is 2.80. The van der Waals surface area contributed by atoms with E-state index in [1.54, 1.807) is 12.1 Å². The number of aromatic carboxylic acids is 1. The molecule has 0 bridgehead atoms. The van der Waals surface area contributed by atoms with Crippen molar-refractivity contribution in [2.45, 2.75) is 32.7 Å². The number of urea groups is 1. The molecule has 0 aliphatic carbocycles. The number of likely N-dealkylation sites (tertiary alicyclic amines) is 1. The van der Waals surface area contributed by atoms with E-state index in [2.05, 4.69) is 22.5 Å². The smallest absolute Gasteiger partial charge is 0.335 e. The monoisotopic (exact) mass is 333 g/mol. The Morgan fingerprint density at radius 3 is 2.46 bits per heavy atom. The van der Waals surface area contributed by atoms with Gasteiger partial charge in [0.05, 0.1) is 5.56 Å². The van der Waals surface area contributed by atoms with Crippen LogP contribution in [-0.2, 0) is 6.54 Å². The van der Waals surface area contributed by atoms with Crippen molar-refractivity contribution in [3.05, 3.63) is 35.4 Å². The number of hydrogen-bond acceptors (Lipinski definition) is 3. The van der Waals surface area contributed by atoms with E-state index in [1.807, 2.05) is 0 Å². The molecule has 1 aliphatic rings. The van der Waals surface area contributed by atoms with Crippen LogP contribution in [0.4, 0.5) is 4.79 Å². The van der Waals surface area contributed by atoms with E-state index in [1.165, 1.54) is 38.1 Å². The lowest BCUT2D eigenvalue weighted by atomic mass is 9.99. The van der Waals surface area contributed by atoms with Gasteiger partial charge in [0.2, 0.25) is 0 Å². The third-order valence-corrected chi connectivity index (χ3v) is 4.47. The van der Waals surface area contributed by atoms with Crippen LogP contribution in [0.5, 0.6) is 0 Å². The summed E-state index contributed by atoms with van der Waals surface area (Å²) < 4.78 is 0. The number of carboxylic acid groups (broad SMARTS) is 1. The quantitative estimate of drug-likeness (QED) is 0.669. The van der Waals surface area contributed by atoms with Crippen molar-refractivity contribution in [1.29, 1.82) is 0 Å². The predicted octanol–water partition coefficient (Wildman–Crippen LogP) is 2.31. The van der Waals surface area contributed by atoms with Crippen LogP contribution in [0.15, 0.2) is 24.3 Å². The minimum atomic E-state index is -0.949. The summed E-state index contributed by atoms with van der Waals surface area (Å²) in [6.07, 6.45) is 3.50. The van der Waals surface area contributed by atoms with E-state index in [9.17, 15) is 9.59 Å². The molecule has 2 amide bonds. The van der Waals surface area contributed by atoms with Crippen molar-refractivity contribution in [2.75, 3.05) is 26.2 Å². The first-order chi connectivity index (χ1) is 11.5. The van der Waals surface area contributed by atoms with Crippen LogP contribution in [0.1, 0.15) is 42.1 Å². The van der Waals surface area contributed by atoms with E-state index in [0.29, 0.717) is 13.1 Å². The summed E-state index contributed by atoms with van der Waals surface area (Å²) in [5, 5.41) is 14.5. The summed E-state index contributed by atoms with van der Waals surface area (Å²) in [6.45, 7) is 6.72. The third-order valence-electron chi connectivity index (χ3n) is 4.47. The van der Waals surface area contributed by atoms with Gasteiger partial charge in [0, 0.05) is 13.1 Å². The van der Waals surface area contributed by atoms with Crippen molar-refractivity contribution in [1.82, 2.24) is 15.5 Å². The van der Waals surface area contributed by atoms with Crippen LogP contribution in [-0.4, -0.2) is 48.2 Å². The van der Waals surface area contributed by atoms with Crippen LogP contribution in [0.25, 0.3) is 0 Å². The van der Waals surface area contributed by atoms with E-state index in [4.69, 9.17) is 5.11 Å². The van der Waals surface area contributed by atoms with Crippen LogP contribution < -0.4 is 10.6 Å². The molecule has 1 fully saturated rings. The Bertz CT molecular complexity index is 537. The lowest BCUT2D eigenvalue weighted by molar-refractivity contribution is 0.0697. The molecule has 0 saturated carbocycles. The highest BCUT2D eigenvalue weighted by Crippen LogP contribution is 2.15. The number of carbonyl (C=O) groups is 2. The number of piperidine rings is 1. The highest BCUT2D eigenvalue weighted by Gasteiger charge is 2.14. The van der Waals surface area contributed by atoms with Crippen molar-refractivity contribution in [3.63, 3.8) is 0 Å². The van der Waals surface area contributed by atoms with E-state index >= 15 is 0 Å². The number of carboxylic acids is 1. The number of amides is 2. The maximum absolute atomic E-state index is 11.8. The largest absolute Gasteiger partial charge is 0.478 e. The lowest BCUT2D eigenvalue weighted by Gasteiger charge is -2.30. The Labute approximate surface area is 143 Å². The standard InChI is InChI=1S/C18H27N3O3/c1-14-7-11-21(12-8-14)10-2-9-19-18(24)20-13-15-3-5-16(6-4-15)17(22)23/h3-6,14H,2,7-13H2,1H3,(H,22,23)(H2,19,20,24). The Hall–Kier alpha value is -2.08. The van der Waals surface area contributed by atoms with Gasteiger partial charge in [0.1, 0.15) is 0 Å². The number of rotatable bonds is 7. The Kier molecular flexibility index (Phi) is 7.06. The molecule has 2 rings (SSSR count). The molecule has 0 unspecified atom stereocenters. The van der Waals surface area contributed by atoms with Gasteiger partial charge < -0.3 is 20.6 Å². The van der Waals surface area contributed by atoms with Gasteiger partial charge in [-0.2, -0.15) is 0 Å². The zero-order chi connectivity index (χ0) is 17.4. The fourth-order valence-corrected chi connectivity index (χ4v) is 2.80. The maximum atomic E-state index is 11.8. The van der Waals surface area contributed by atoms with Gasteiger partial charge in [-0.15, -0.1) is 0 Å². The molecule has 1 aromatic carbocycles. The summed E-state index contributed by atoms with van der Waals surface area (Å²) >= 11 is 0. The van der Waals surface area contributed by atoms with Gasteiger partial charge >= 0.3 is 12.0 Å². The summed E-state index contributed by atoms with van der Waals surface area (Å²) in [6, 6.07) is 6.31. The van der Waals surface area contributed by atoms with Crippen molar-refractivity contribution < 1.29 is 14.7 Å². The van der Waals surface area contributed by atoms with Gasteiger partial charge in [0.25, 0.3) is 0 Å². The molecule has 0 spiro atoms. The molecule has 132 valence electrons. The first-order valence-corrected chi connectivity index (χ1v) is 8.61. The summed E-state index contributed by atoms with van der Waals surface area (Å²) in [5.74, 6) is -0.106. The second-order valence-corrected chi connectivity index (χ2v) is 6.49. The number of benzene rings is 1. The number of carbonyl (C=O) groups excluding carboxylic acids is 1. The number of hydrogen-bond donors (Lipinski definition) is 3. The second kappa shape index (κ2) is 9.27. The summed E-state index contributed by atoms with van der Waals surface area (Å²) in [4.78, 5) is 25.0. The molecule has 6 heteroatoms. The Morgan fingerprint density at radius 1 is 1.17 bits per heavy atom. The first-order valence-electron chi connectivity index (χ1n) is 8.61. The van der Waals surface area contributed by atoms with Crippen LogP contribution >= 0.6 is 0 Å². The fraction of sp³-hybridized carbons (Fsp3) is 0.556. The minimum absolute atomic E-state index is 0.190. The van der Waals surface area contributed by atoms with Crippen molar-refractivity contribution >= 4 is 12.0 Å². The first kappa shape index (κ1) is 18.3. The van der Waals surface area contributed by atoms with Gasteiger partial charge in [-0.25, -0.2) is 9.59 Å². The van der Waals surface area contributed by atoms with Gasteiger partial charge in [-0.3, -0.25) is 0 Å². The molecule has 0 atom stereocenters. The Balaban J connectivity index is 1.57. The van der Waals surface area contributed by atoms with E-state index in [-0.39, 0.29) is 11.6 Å². The third kappa shape index (κ3) is 6.20. The zero-order valence-corrected chi connectivity index (χ0v) is 14.3. The summed E-state index contributed by atoms with van der Waals surface area (Å²) in [5.41, 5.74) is 1.12. The number of nitrogens with zero attached hydrogens (tertiary/aromatic N) is 1. The average Bonchev–Trinajstić information content (AvgIpc) is 2.59.